The fraction of sp³-hybridized carbons (Fsp3) is 0.467. The molecule has 112 valence electrons. The lowest BCUT2D eigenvalue weighted by Gasteiger charge is -2.32. The average Bonchev–Trinajstić information content (AvgIpc) is 2.87. The summed E-state index contributed by atoms with van der Waals surface area (Å²) in [6, 6.07) is 3.71. The monoisotopic (exact) mass is 292 g/mol. The second-order valence-corrected chi connectivity index (χ2v) is 5.54. The van der Waals surface area contributed by atoms with E-state index in [1.165, 1.54) is 24.5 Å². The molecule has 4 nitrogen and oxygen atoms in total. The molecule has 0 N–H and O–H groups in total. The number of halogens is 2. The van der Waals surface area contributed by atoms with Crippen molar-refractivity contribution in [2.75, 3.05) is 13.1 Å². The van der Waals surface area contributed by atoms with Crippen molar-refractivity contribution < 1.29 is 8.78 Å². The highest BCUT2D eigenvalue weighted by Gasteiger charge is 2.24. The van der Waals surface area contributed by atoms with E-state index in [0.717, 1.165) is 25.2 Å². The molecule has 1 aliphatic rings. The van der Waals surface area contributed by atoms with Crippen molar-refractivity contribution in [1.82, 2.24) is 19.7 Å². The van der Waals surface area contributed by atoms with E-state index in [4.69, 9.17) is 0 Å². The molecule has 2 aromatic rings. The number of hydrogen-bond acceptors (Lipinski definition) is 3. The van der Waals surface area contributed by atoms with Crippen LogP contribution in [0.2, 0.25) is 0 Å². The lowest BCUT2D eigenvalue weighted by atomic mass is 9.90. The fourth-order valence-corrected chi connectivity index (χ4v) is 2.94. The molecule has 1 aromatic carbocycles. The minimum Gasteiger partial charge on any atom is -0.295 e. The van der Waals surface area contributed by atoms with Gasteiger partial charge in [0.2, 0.25) is 0 Å². The molecule has 0 aliphatic carbocycles. The maximum atomic E-state index is 13.9. The first-order chi connectivity index (χ1) is 10.1. The molecule has 3 rings (SSSR count). The summed E-state index contributed by atoms with van der Waals surface area (Å²) in [6.45, 7) is 2.34. The van der Waals surface area contributed by atoms with Crippen molar-refractivity contribution >= 4 is 0 Å². The van der Waals surface area contributed by atoms with Crippen LogP contribution in [0.5, 0.6) is 0 Å². The van der Waals surface area contributed by atoms with Gasteiger partial charge in [0.05, 0.1) is 6.54 Å². The minimum absolute atomic E-state index is 0.0303. The lowest BCUT2D eigenvalue weighted by molar-refractivity contribution is 0.191. The van der Waals surface area contributed by atoms with Crippen LogP contribution >= 0.6 is 0 Å². The topological polar surface area (TPSA) is 34.0 Å². The van der Waals surface area contributed by atoms with Crippen LogP contribution in [0.15, 0.2) is 24.5 Å². The van der Waals surface area contributed by atoms with Gasteiger partial charge >= 0.3 is 0 Å². The molecule has 0 bridgehead atoms. The molecule has 2 heterocycles. The van der Waals surface area contributed by atoms with Gasteiger partial charge in [-0.3, -0.25) is 9.58 Å². The zero-order valence-corrected chi connectivity index (χ0v) is 12.0. The smallest absolute Gasteiger partial charge is 0.140 e. The molecule has 0 amide bonds. The van der Waals surface area contributed by atoms with E-state index >= 15 is 0 Å². The SMILES string of the molecule is Cn1ncnc1CN1CCCC(c2cc(F)ccc2F)C1. The first kappa shape index (κ1) is 14.1. The van der Waals surface area contributed by atoms with Crippen molar-refractivity contribution in [1.29, 1.82) is 0 Å². The number of piperidine rings is 1. The summed E-state index contributed by atoms with van der Waals surface area (Å²) in [5.74, 6) is 0.219. The van der Waals surface area contributed by atoms with Crippen molar-refractivity contribution in [3.8, 4) is 0 Å². The first-order valence-corrected chi connectivity index (χ1v) is 7.13. The van der Waals surface area contributed by atoms with Crippen LogP contribution in [0.1, 0.15) is 30.1 Å². The maximum Gasteiger partial charge on any atom is 0.140 e. The highest BCUT2D eigenvalue weighted by atomic mass is 19.1. The highest BCUT2D eigenvalue weighted by molar-refractivity contribution is 5.23. The standard InChI is InChI=1S/C15H18F2N4/c1-20-15(18-10-19-20)9-21-6-2-3-11(8-21)13-7-12(16)4-5-14(13)17/h4-5,7,10-11H,2-3,6,8-9H2,1H3. The summed E-state index contributed by atoms with van der Waals surface area (Å²) in [6.07, 6.45) is 3.39. The summed E-state index contributed by atoms with van der Waals surface area (Å²) in [7, 11) is 1.86. The van der Waals surface area contributed by atoms with Crippen molar-refractivity contribution in [2.45, 2.75) is 25.3 Å². The molecule has 21 heavy (non-hydrogen) atoms. The zero-order valence-electron chi connectivity index (χ0n) is 12.0. The number of rotatable bonds is 3. The summed E-state index contributed by atoms with van der Waals surface area (Å²) >= 11 is 0. The number of aryl methyl sites for hydroxylation is 1. The van der Waals surface area contributed by atoms with Gasteiger partial charge in [-0.2, -0.15) is 5.10 Å². The second kappa shape index (κ2) is 5.89. The van der Waals surface area contributed by atoms with E-state index in [9.17, 15) is 8.78 Å². The van der Waals surface area contributed by atoms with Gasteiger partial charge in [0.1, 0.15) is 23.8 Å². The molecule has 1 aromatic heterocycles. The van der Waals surface area contributed by atoms with E-state index in [1.807, 2.05) is 7.05 Å². The van der Waals surface area contributed by atoms with Crippen LogP contribution in [-0.2, 0) is 13.6 Å². The Bertz CT molecular complexity index is 626. The predicted molar refractivity (Wildman–Crippen MR) is 74.6 cm³/mol. The van der Waals surface area contributed by atoms with Gasteiger partial charge in [0.15, 0.2) is 0 Å². The Labute approximate surface area is 122 Å². The molecule has 0 spiro atoms. The molecule has 0 radical (unpaired) electrons. The van der Waals surface area contributed by atoms with Gasteiger partial charge in [-0.15, -0.1) is 0 Å². The van der Waals surface area contributed by atoms with Crippen LogP contribution < -0.4 is 0 Å². The quantitative estimate of drug-likeness (QED) is 0.871. The van der Waals surface area contributed by atoms with Gasteiger partial charge in [0.25, 0.3) is 0 Å². The molecule has 1 saturated heterocycles. The number of aromatic nitrogens is 3. The zero-order chi connectivity index (χ0) is 14.8. The van der Waals surface area contributed by atoms with E-state index < -0.39 is 0 Å². The van der Waals surface area contributed by atoms with E-state index in [1.54, 1.807) is 4.68 Å². The molecule has 6 heteroatoms. The van der Waals surface area contributed by atoms with Gasteiger partial charge < -0.3 is 0 Å². The van der Waals surface area contributed by atoms with Gasteiger partial charge in [-0.25, -0.2) is 13.8 Å². The van der Waals surface area contributed by atoms with Crippen LogP contribution in [0.4, 0.5) is 8.78 Å². The summed E-state index contributed by atoms with van der Waals surface area (Å²) in [5.41, 5.74) is 0.484. The number of nitrogens with zero attached hydrogens (tertiary/aromatic N) is 4. The van der Waals surface area contributed by atoms with Crippen LogP contribution in [0.3, 0.4) is 0 Å². The third-order valence-electron chi connectivity index (χ3n) is 4.07. The molecule has 1 fully saturated rings. The third kappa shape index (κ3) is 3.10. The summed E-state index contributed by atoms with van der Waals surface area (Å²) in [4.78, 5) is 6.44. The highest BCUT2D eigenvalue weighted by Crippen LogP contribution is 2.29. The maximum absolute atomic E-state index is 13.9. The van der Waals surface area contributed by atoms with Gasteiger partial charge in [-0.1, -0.05) is 0 Å². The van der Waals surface area contributed by atoms with Crippen LogP contribution in [0.25, 0.3) is 0 Å². The normalized spacial score (nSPS) is 19.9. The Morgan fingerprint density at radius 3 is 2.95 bits per heavy atom. The molecular weight excluding hydrogens is 274 g/mol. The summed E-state index contributed by atoms with van der Waals surface area (Å²) in [5, 5.41) is 4.05. The lowest BCUT2D eigenvalue weighted by Crippen LogP contribution is -2.35. The Morgan fingerprint density at radius 1 is 1.33 bits per heavy atom. The predicted octanol–water partition coefficient (Wildman–Crippen LogP) is 2.47. The van der Waals surface area contributed by atoms with Crippen molar-refractivity contribution in [2.24, 2.45) is 7.05 Å². The van der Waals surface area contributed by atoms with Gasteiger partial charge in [-0.05, 0) is 49.1 Å². The fourth-order valence-electron chi connectivity index (χ4n) is 2.94. The minimum atomic E-state index is -0.378. The average molecular weight is 292 g/mol. The second-order valence-electron chi connectivity index (χ2n) is 5.54. The van der Waals surface area contributed by atoms with E-state index in [0.29, 0.717) is 18.7 Å². The molecular formula is C15H18F2N4. The third-order valence-corrected chi connectivity index (χ3v) is 4.07. The Balaban J connectivity index is 1.73. The van der Waals surface area contributed by atoms with Crippen LogP contribution in [0, 0.1) is 11.6 Å². The van der Waals surface area contributed by atoms with Crippen molar-refractivity contribution in [3.63, 3.8) is 0 Å². The molecule has 1 aliphatic heterocycles. The van der Waals surface area contributed by atoms with E-state index in [-0.39, 0.29) is 17.6 Å². The van der Waals surface area contributed by atoms with Gasteiger partial charge in [0, 0.05) is 13.6 Å². The number of likely N-dealkylation sites (tertiary alicyclic amines) is 1. The first-order valence-electron chi connectivity index (χ1n) is 7.13. The molecule has 0 saturated carbocycles. The van der Waals surface area contributed by atoms with E-state index in [2.05, 4.69) is 15.0 Å². The number of hydrogen-bond donors (Lipinski definition) is 0. The molecule has 1 atom stereocenters. The Kier molecular flexibility index (Phi) is 3.96. The molecule has 1 unspecified atom stereocenters. The van der Waals surface area contributed by atoms with Crippen molar-refractivity contribution in [3.05, 3.63) is 47.5 Å². The summed E-state index contributed by atoms with van der Waals surface area (Å²) < 4.78 is 29.0. The Morgan fingerprint density at radius 2 is 2.19 bits per heavy atom. The largest absolute Gasteiger partial charge is 0.295 e. The van der Waals surface area contributed by atoms with Crippen LogP contribution in [-0.4, -0.2) is 32.8 Å². The number of benzene rings is 1. The Hall–Kier alpha value is -1.82.